The van der Waals surface area contributed by atoms with Gasteiger partial charge in [-0.15, -0.1) is 0 Å². The number of rotatable bonds is 4. The van der Waals surface area contributed by atoms with Crippen molar-refractivity contribution < 1.29 is 4.74 Å². The van der Waals surface area contributed by atoms with Crippen LogP contribution in [0.1, 0.15) is 37.7 Å². The molecule has 2 aromatic rings. The lowest BCUT2D eigenvalue weighted by Crippen LogP contribution is -2.35. The molecule has 0 saturated heterocycles. The van der Waals surface area contributed by atoms with Crippen molar-refractivity contribution in [3.63, 3.8) is 0 Å². The minimum absolute atomic E-state index is 0.0917. The molecule has 112 valence electrons. The second-order valence-corrected chi connectivity index (χ2v) is 6.19. The minimum atomic E-state index is 0.0917. The molecular formula is C17H23N3O. The summed E-state index contributed by atoms with van der Waals surface area (Å²) >= 11 is 0. The molecule has 4 heteroatoms. The van der Waals surface area contributed by atoms with Crippen molar-refractivity contribution in [3.05, 3.63) is 47.4 Å². The Morgan fingerprint density at radius 1 is 1.10 bits per heavy atom. The molecule has 0 amide bonds. The molecule has 0 spiro atoms. The lowest BCUT2D eigenvalue weighted by atomic mass is 10.1. The summed E-state index contributed by atoms with van der Waals surface area (Å²) in [6.07, 6.45) is 1.75. The van der Waals surface area contributed by atoms with E-state index in [9.17, 15) is 0 Å². The number of pyridine rings is 2. The number of nitrogens with one attached hydrogen (secondary N) is 1. The zero-order chi connectivity index (χ0) is 15.5. The Morgan fingerprint density at radius 2 is 1.86 bits per heavy atom. The monoisotopic (exact) mass is 285 g/mol. The highest BCUT2D eigenvalue weighted by Gasteiger charge is 2.11. The van der Waals surface area contributed by atoms with Crippen molar-refractivity contribution in [2.24, 2.45) is 0 Å². The van der Waals surface area contributed by atoms with Crippen molar-refractivity contribution >= 4 is 0 Å². The molecule has 0 aromatic carbocycles. The van der Waals surface area contributed by atoms with E-state index >= 15 is 0 Å². The summed E-state index contributed by atoms with van der Waals surface area (Å²) in [6, 6.07) is 7.71. The van der Waals surface area contributed by atoms with E-state index in [1.54, 1.807) is 6.20 Å². The van der Waals surface area contributed by atoms with E-state index in [0.29, 0.717) is 5.88 Å². The zero-order valence-corrected chi connectivity index (χ0v) is 13.4. The molecule has 4 nitrogen and oxygen atoms in total. The quantitative estimate of drug-likeness (QED) is 0.928. The van der Waals surface area contributed by atoms with Crippen LogP contribution in [-0.2, 0) is 6.54 Å². The zero-order valence-electron chi connectivity index (χ0n) is 13.4. The summed E-state index contributed by atoms with van der Waals surface area (Å²) in [5.41, 5.74) is 3.11. The third-order valence-electron chi connectivity index (χ3n) is 3.15. The fourth-order valence-electron chi connectivity index (χ4n) is 1.86. The van der Waals surface area contributed by atoms with Crippen molar-refractivity contribution in [2.45, 2.75) is 46.7 Å². The summed E-state index contributed by atoms with van der Waals surface area (Å²) in [4.78, 5) is 8.73. The van der Waals surface area contributed by atoms with E-state index in [-0.39, 0.29) is 5.54 Å². The fraction of sp³-hybridized carbons (Fsp3) is 0.412. The van der Waals surface area contributed by atoms with E-state index in [2.05, 4.69) is 42.1 Å². The second-order valence-electron chi connectivity index (χ2n) is 6.19. The molecule has 1 N–H and O–H groups in total. The molecular weight excluding hydrogens is 262 g/mol. The molecule has 0 fully saturated rings. The van der Waals surface area contributed by atoms with Crippen molar-refractivity contribution in [1.82, 2.24) is 15.3 Å². The van der Waals surface area contributed by atoms with E-state index in [1.165, 1.54) is 5.56 Å². The molecule has 2 heterocycles. The fourth-order valence-corrected chi connectivity index (χ4v) is 1.86. The van der Waals surface area contributed by atoms with Gasteiger partial charge in [-0.2, -0.15) is 0 Å². The lowest BCUT2D eigenvalue weighted by molar-refractivity contribution is 0.421. The second kappa shape index (κ2) is 6.22. The summed E-state index contributed by atoms with van der Waals surface area (Å²) in [5, 5.41) is 3.47. The highest BCUT2D eigenvalue weighted by atomic mass is 16.5. The van der Waals surface area contributed by atoms with Gasteiger partial charge in [-0.25, -0.2) is 4.98 Å². The Balaban J connectivity index is 2.10. The van der Waals surface area contributed by atoms with Gasteiger partial charge < -0.3 is 10.1 Å². The van der Waals surface area contributed by atoms with Crippen molar-refractivity contribution in [3.8, 4) is 11.6 Å². The van der Waals surface area contributed by atoms with Crippen molar-refractivity contribution in [2.75, 3.05) is 0 Å². The molecule has 0 atom stereocenters. The van der Waals surface area contributed by atoms with Crippen LogP contribution in [0.4, 0.5) is 0 Å². The van der Waals surface area contributed by atoms with Gasteiger partial charge >= 0.3 is 0 Å². The third kappa shape index (κ3) is 4.53. The van der Waals surface area contributed by atoms with Gasteiger partial charge in [-0.1, -0.05) is 6.07 Å². The Hall–Kier alpha value is -1.94. The first-order valence-electron chi connectivity index (χ1n) is 7.16. The predicted molar refractivity (Wildman–Crippen MR) is 84.6 cm³/mol. The van der Waals surface area contributed by atoms with Gasteiger partial charge in [0.1, 0.15) is 0 Å². The van der Waals surface area contributed by atoms with Crippen LogP contribution >= 0.6 is 0 Å². The Labute approximate surface area is 126 Å². The molecule has 0 aliphatic rings. The highest BCUT2D eigenvalue weighted by Crippen LogP contribution is 2.22. The first-order valence-corrected chi connectivity index (χ1v) is 7.16. The average Bonchev–Trinajstić information content (AvgIpc) is 2.39. The minimum Gasteiger partial charge on any atom is -0.437 e. The Morgan fingerprint density at radius 3 is 2.48 bits per heavy atom. The average molecular weight is 285 g/mol. The summed E-state index contributed by atoms with van der Waals surface area (Å²) in [5.74, 6) is 1.34. The van der Waals surface area contributed by atoms with Crippen LogP contribution in [-0.4, -0.2) is 15.5 Å². The van der Waals surface area contributed by atoms with Crippen LogP contribution in [0.2, 0.25) is 0 Å². The van der Waals surface area contributed by atoms with E-state index < -0.39 is 0 Å². The standard InChI is InChI=1S/C17H23N3O/c1-12-14(11-19-17(3,4)5)8-9-16(20-12)21-15-7-6-10-18-13(15)2/h6-10,19H,11H2,1-5H3. The summed E-state index contributed by atoms with van der Waals surface area (Å²) in [7, 11) is 0. The van der Waals surface area contributed by atoms with Gasteiger partial charge in [0.2, 0.25) is 5.88 Å². The number of aryl methyl sites for hydroxylation is 2. The number of hydrogen-bond acceptors (Lipinski definition) is 4. The molecule has 2 rings (SSSR count). The number of ether oxygens (including phenoxy) is 1. The molecule has 21 heavy (non-hydrogen) atoms. The van der Waals surface area contributed by atoms with Gasteiger partial charge in [-0.3, -0.25) is 4.98 Å². The molecule has 0 aliphatic heterocycles. The van der Waals surface area contributed by atoms with E-state index in [1.807, 2.05) is 32.0 Å². The molecule has 0 bridgehead atoms. The van der Waals surface area contributed by atoms with Crippen LogP contribution in [0.3, 0.4) is 0 Å². The number of nitrogens with zero attached hydrogens (tertiary/aromatic N) is 2. The first-order chi connectivity index (χ1) is 9.85. The molecule has 0 unspecified atom stereocenters. The Bertz CT molecular complexity index is 618. The van der Waals surface area contributed by atoms with Crippen LogP contribution in [0.15, 0.2) is 30.5 Å². The number of hydrogen-bond donors (Lipinski definition) is 1. The van der Waals surface area contributed by atoms with Crippen LogP contribution in [0.25, 0.3) is 0 Å². The highest BCUT2D eigenvalue weighted by molar-refractivity contribution is 5.32. The molecule has 0 aliphatic carbocycles. The van der Waals surface area contributed by atoms with Gasteiger partial charge in [0.05, 0.1) is 5.69 Å². The number of aromatic nitrogens is 2. The van der Waals surface area contributed by atoms with Crippen LogP contribution in [0, 0.1) is 13.8 Å². The van der Waals surface area contributed by atoms with Gasteiger partial charge in [-0.05, 0) is 52.3 Å². The van der Waals surface area contributed by atoms with E-state index in [0.717, 1.165) is 23.7 Å². The van der Waals surface area contributed by atoms with Crippen LogP contribution < -0.4 is 10.1 Å². The molecule has 0 saturated carbocycles. The van der Waals surface area contributed by atoms with Crippen molar-refractivity contribution in [1.29, 1.82) is 0 Å². The molecule has 0 radical (unpaired) electrons. The normalized spacial score (nSPS) is 11.5. The smallest absolute Gasteiger partial charge is 0.219 e. The Kier molecular flexibility index (Phi) is 4.58. The maximum absolute atomic E-state index is 5.80. The largest absolute Gasteiger partial charge is 0.437 e. The van der Waals surface area contributed by atoms with Gasteiger partial charge in [0, 0.05) is 30.0 Å². The first kappa shape index (κ1) is 15.4. The predicted octanol–water partition coefficient (Wildman–Crippen LogP) is 3.77. The molecule has 2 aromatic heterocycles. The topological polar surface area (TPSA) is 47.0 Å². The third-order valence-corrected chi connectivity index (χ3v) is 3.15. The summed E-state index contributed by atoms with van der Waals surface area (Å²) in [6.45, 7) is 11.2. The van der Waals surface area contributed by atoms with E-state index in [4.69, 9.17) is 4.74 Å². The lowest BCUT2D eigenvalue weighted by Gasteiger charge is -2.21. The van der Waals surface area contributed by atoms with Gasteiger partial charge in [0.25, 0.3) is 0 Å². The maximum Gasteiger partial charge on any atom is 0.219 e. The van der Waals surface area contributed by atoms with Gasteiger partial charge in [0.15, 0.2) is 5.75 Å². The SMILES string of the molecule is Cc1nc(Oc2cccnc2C)ccc1CNC(C)(C)C. The maximum atomic E-state index is 5.80. The summed E-state index contributed by atoms with van der Waals surface area (Å²) < 4.78 is 5.80. The van der Waals surface area contributed by atoms with Crippen LogP contribution in [0.5, 0.6) is 11.6 Å².